The summed E-state index contributed by atoms with van der Waals surface area (Å²) in [5.41, 5.74) is 5.12. The fourth-order valence-electron chi connectivity index (χ4n) is 2.43. The number of hydrogen-bond acceptors (Lipinski definition) is 4. The minimum Gasteiger partial charge on any atom is -0.326 e. The van der Waals surface area contributed by atoms with Crippen molar-refractivity contribution in [3.63, 3.8) is 0 Å². The lowest BCUT2D eigenvalue weighted by molar-refractivity contribution is -0.116. The minimum atomic E-state index is 0.0757. The van der Waals surface area contributed by atoms with Gasteiger partial charge in [-0.25, -0.2) is 4.98 Å². The van der Waals surface area contributed by atoms with Crippen molar-refractivity contribution < 1.29 is 4.79 Å². The molecule has 0 atom stereocenters. The zero-order chi connectivity index (χ0) is 16.7. The van der Waals surface area contributed by atoms with Crippen LogP contribution in [0.3, 0.4) is 0 Å². The Hall–Kier alpha value is -1.72. The van der Waals surface area contributed by atoms with Crippen LogP contribution in [0, 0.1) is 6.92 Å². The summed E-state index contributed by atoms with van der Waals surface area (Å²) < 4.78 is 0. The van der Waals surface area contributed by atoms with Crippen LogP contribution in [-0.2, 0) is 17.6 Å². The highest BCUT2D eigenvalue weighted by Gasteiger charge is 2.08. The Morgan fingerprint density at radius 2 is 2.09 bits per heavy atom. The molecule has 0 saturated carbocycles. The minimum absolute atomic E-state index is 0.0757. The lowest BCUT2D eigenvalue weighted by atomic mass is 10.1. The average molecular weight is 331 g/mol. The average Bonchev–Trinajstić information content (AvgIpc) is 2.96. The van der Waals surface area contributed by atoms with Crippen molar-refractivity contribution in [2.75, 3.05) is 25.5 Å². The molecule has 0 spiro atoms. The van der Waals surface area contributed by atoms with Gasteiger partial charge < -0.3 is 10.2 Å². The number of aryl methyl sites for hydroxylation is 2. The van der Waals surface area contributed by atoms with Crippen LogP contribution in [0.25, 0.3) is 0 Å². The largest absolute Gasteiger partial charge is 0.326 e. The second-order valence-corrected chi connectivity index (χ2v) is 6.66. The fourth-order valence-corrected chi connectivity index (χ4v) is 3.20. The second kappa shape index (κ2) is 8.79. The SMILES string of the molecule is CCc1ccccc1NC(=O)CCN(C)CCc1scnc1C. The molecule has 1 heterocycles. The van der Waals surface area contributed by atoms with Gasteiger partial charge in [-0.1, -0.05) is 25.1 Å². The molecular weight excluding hydrogens is 306 g/mol. The third-order valence-corrected chi connectivity index (χ3v) is 4.95. The third kappa shape index (κ3) is 5.44. The molecule has 1 amide bonds. The topological polar surface area (TPSA) is 45.2 Å². The van der Waals surface area contributed by atoms with E-state index in [1.807, 2.05) is 30.6 Å². The van der Waals surface area contributed by atoms with Crippen molar-refractivity contribution >= 4 is 22.9 Å². The summed E-state index contributed by atoms with van der Waals surface area (Å²) >= 11 is 1.70. The summed E-state index contributed by atoms with van der Waals surface area (Å²) in [5, 5.41) is 3.02. The summed E-state index contributed by atoms with van der Waals surface area (Å²) in [4.78, 5) is 19.9. The van der Waals surface area contributed by atoms with E-state index in [4.69, 9.17) is 0 Å². The van der Waals surface area contributed by atoms with Crippen LogP contribution in [0.5, 0.6) is 0 Å². The van der Waals surface area contributed by atoms with E-state index in [0.29, 0.717) is 6.42 Å². The van der Waals surface area contributed by atoms with E-state index >= 15 is 0 Å². The number of aromatic nitrogens is 1. The van der Waals surface area contributed by atoms with E-state index in [9.17, 15) is 4.79 Å². The summed E-state index contributed by atoms with van der Waals surface area (Å²) in [6, 6.07) is 7.98. The molecule has 0 aliphatic carbocycles. The van der Waals surface area contributed by atoms with Crippen molar-refractivity contribution in [3.05, 3.63) is 45.9 Å². The van der Waals surface area contributed by atoms with Gasteiger partial charge in [0.2, 0.25) is 5.91 Å². The van der Waals surface area contributed by atoms with Gasteiger partial charge in [-0.15, -0.1) is 11.3 Å². The third-order valence-electron chi connectivity index (χ3n) is 3.96. The normalized spacial score (nSPS) is 11.0. The quantitative estimate of drug-likeness (QED) is 0.805. The molecule has 2 aromatic rings. The molecule has 1 aromatic carbocycles. The number of hydrogen-bond donors (Lipinski definition) is 1. The van der Waals surface area contributed by atoms with Crippen LogP contribution in [0.2, 0.25) is 0 Å². The van der Waals surface area contributed by atoms with E-state index in [2.05, 4.69) is 35.2 Å². The summed E-state index contributed by atoms with van der Waals surface area (Å²) in [7, 11) is 2.06. The Balaban J connectivity index is 1.74. The predicted molar refractivity (Wildman–Crippen MR) is 97.1 cm³/mol. The maximum atomic E-state index is 12.1. The Morgan fingerprint density at radius 1 is 1.30 bits per heavy atom. The molecule has 0 aliphatic heterocycles. The number of nitrogens with zero attached hydrogens (tertiary/aromatic N) is 2. The predicted octanol–water partition coefficient (Wildman–Crippen LogP) is 3.52. The molecule has 0 unspecified atom stereocenters. The first-order valence-electron chi connectivity index (χ1n) is 8.05. The van der Waals surface area contributed by atoms with E-state index in [1.54, 1.807) is 11.3 Å². The Morgan fingerprint density at radius 3 is 2.78 bits per heavy atom. The van der Waals surface area contributed by atoms with Crippen molar-refractivity contribution in [3.8, 4) is 0 Å². The Bertz CT molecular complexity index is 639. The van der Waals surface area contributed by atoms with Gasteiger partial charge >= 0.3 is 0 Å². The van der Waals surface area contributed by atoms with E-state index in [1.165, 1.54) is 10.4 Å². The van der Waals surface area contributed by atoms with Gasteiger partial charge in [-0.2, -0.15) is 0 Å². The van der Waals surface area contributed by atoms with Gasteiger partial charge in [0.05, 0.1) is 11.2 Å². The number of carbonyl (C=O) groups excluding carboxylic acids is 1. The second-order valence-electron chi connectivity index (χ2n) is 5.72. The first kappa shape index (κ1) is 17.6. The molecule has 1 N–H and O–H groups in total. The van der Waals surface area contributed by atoms with Crippen LogP contribution in [0.4, 0.5) is 5.69 Å². The number of nitrogens with one attached hydrogen (secondary N) is 1. The number of anilines is 1. The number of carbonyl (C=O) groups is 1. The smallest absolute Gasteiger partial charge is 0.225 e. The zero-order valence-electron chi connectivity index (χ0n) is 14.1. The van der Waals surface area contributed by atoms with Crippen LogP contribution < -0.4 is 5.32 Å². The van der Waals surface area contributed by atoms with Crippen molar-refractivity contribution in [1.82, 2.24) is 9.88 Å². The summed E-state index contributed by atoms with van der Waals surface area (Å²) in [6.07, 6.45) is 2.42. The molecule has 0 aliphatic rings. The molecule has 0 fully saturated rings. The number of likely N-dealkylation sites (N-methyl/N-ethyl adjacent to an activating group) is 1. The first-order valence-corrected chi connectivity index (χ1v) is 8.93. The van der Waals surface area contributed by atoms with Gasteiger partial charge in [0.1, 0.15) is 0 Å². The standard InChI is InChI=1S/C18H25N3OS/c1-4-15-7-5-6-8-16(15)20-18(22)10-12-21(3)11-9-17-14(2)19-13-23-17/h5-8,13H,4,9-12H2,1-3H3,(H,20,22). The Kier molecular flexibility index (Phi) is 6.74. The van der Waals surface area contributed by atoms with Gasteiger partial charge in [-0.3, -0.25) is 4.79 Å². The van der Waals surface area contributed by atoms with Crippen molar-refractivity contribution in [2.45, 2.75) is 33.1 Å². The van der Waals surface area contributed by atoms with E-state index in [-0.39, 0.29) is 5.91 Å². The monoisotopic (exact) mass is 331 g/mol. The fraction of sp³-hybridized carbons (Fsp3) is 0.444. The number of thiazole rings is 1. The summed E-state index contributed by atoms with van der Waals surface area (Å²) in [6.45, 7) is 5.85. The number of benzene rings is 1. The molecule has 4 nitrogen and oxygen atoms in total. The molecular formula is C18H25N3OS. The summed E-state index contributed by atoms with van der Waals surface area (Å²) in [5.74, 6) is 0.0757. The van der Waals surface area contributed by atoms with Crippen LogP contribution in [0.15, 0.2) is 29.8 Å². The molecule has 5 heteroatoms. The highest BCUT2D eigenvalue weighted by molar-refractivity contribution is 7.09. The van der Waals surface area contributed by atoms with E-state index < -0.39 is 0 Å². The highest BCUT2D eigenvalue weighted by atomic mass is 32.1. The van der Waals surface area contributed by atoms with Crippen LogP contribution in [0.1, 0.15) is 29.5 Å². The molecule has 1 aromatic heterocycles. The molecule has 0 radical (unpaired) electrons. The number of rotatable bonds is 8. The number of para-hydroxylation sites is 1. The molecule has 2 rings (SSSR count). The molecule has 23 heavy (non-hydrogen) atoms. The highest BCUT2D eigenvalue weighted by Crippen LogP contribution is 2.16. The number of amides is 1. The first-order chi connectivity index (χ1) is 11.1. The van der Waals surface area contributed by atoms with Crippen molar-refractivity contribution in [2.24, 2.45) is 0 Å². The lowest BCUT2D eigenvalue weighted by Gasteiger charge is -2.16. The van der Waals surface area contributed by atoms with Gasteiger partial charge in [0.25, 0.3) is 0 Å². The molecule has 124 valence electrons. The molecule has 0 saturated heterocycles. The van der Waals surface area contributed by atoms with Crippen molar-refractivity contribution in [1.29, 1.82) is 0 Å². The Labute approximate surface area is 142 Å². The van der Waals surface area contributed by atoms with Crippen LogP contribution >= 0.6 is 11.3 Å². The maximum absolute atomic E-state index is 12.1. The molecule has 0 bridgehead atoms. The van der Waals surface area contributed by atoms with Crippen LogP contribution in [-0.4, -0.2) is 35.9 Å². The van der Waals surface area contributed by atoms with Gasteiger partial charge in [0, 0.05) is 30.1 Å². The maximum Gasteiger partial charge on any atom is 0.225 e. The van der Waals surface area contributed by atoms with Gasteiger partial charge in [0.15, 0.2) is 0 Å². The zero-order valence-corrected chi connectivity index (χ0v) is 14.9. The van der Waals surface area contributed by atoms with E-state index in [0.717, 1.165) is 37.3 Å². The van der Waals surface area contributed by atoms with Gasteiger partial charge in [-0.05, 0) is 38.4 Å². The lowest BCUT2D eigenvalue weighted by Crippen LogP contribution is -2.26.